The van der Waals surface area contributed by atoms with Crippen LogP contribution in [0, 0.1) is 12.7 Å². The summed E-state index contributed by atoms with van der Waals surface area (Å²) >= 11 is 0. The molecule has 0 unspecified atom stereocenters. The van der Waals surface area contributed by atoms with Crippen molar-refractivity contribution in [3.63, 3.8) is 0 Å². The molecule has 33 heavy (non-hydrogen) atoms. The first-order chi connectivity index (χ1) is 16.0. The van der Waals surface area contributed by atoms with Crippen LogP contribution in [0.4, 0.5) is 10.1 Å². The van der Waals surface area contributed by atoms with Gasteiger partial charge in [0.1, 0.15) is 17.4 Å². The second-order valence-electron chi connectivity index (χ2n) is 7.83. The van der Waals surface area contributed by atoms with Gasteiger partial charge in [0, 0.05) is 25.2 Å². The Bertz CT molecular complexity index is 1180. The highest BCUT2D eigenvalue weighted by Gasteiger charge is 2.31. The lowest BCUT2D eigenvalue weighted by atomic mass is 10.1. The summed E-state index contributed by atoms with van der Waals surface area (Å²) in [6, 6.07) is 13.2. The molecule has 1 saturated heterocycles. The Labute approximate surface area is 191 Å². The lowest BCUT2D eigenvalue weighted by Gasteiger charge is -2.18. The number of nitrogens with zero attached hydrogens (tertiary/aromatic N) is 3. The molecule has 1 fully saturated rings. The maximum Gasteiger partial charge on any atom is 0.259 e. The number of hydrogen-bond donors (Lipinski definition) is 1. The molecule has 0 bridgehead atoms. The number of ether oxygens (including phenoxy) is 1. The van der Waals surface area contributed by atoms with Gasteiger partial charge in [0.15, 0.2) is 0 Å². The quantitative estimate of drug-likeness (QED) is 0.611. The lowest BCUT2D eigenvalue weighted by Crippen LogP contribution is -2.29. The van der Waals surface area contributed by atoms with Gasteiger partial charge in [-0.15, -0.1) is 0 Å². The van der Waals surface area contributed by atoms with Crippen molar-refractivity contribution in [1.29, 1.82) is 0 Å². The summed E-state index contributed by atoms with van der Waals surface area (Å²) < 4.78 is 19.4. The van der Waals surface area contributed by atoms with E-state index in [2.05, 4.69) is 15.3 Å². The van der Waals surface area contributed by atoms with Crippen molar-refractivity contribution in [2.45, 2.75) is 26.2 Å². The Morgan fingerprint density at radius 1 is 1.15 bits per heavy atom. The van der Waals surface area contributed by atoms with Gasteiger partial charge in [-0.2, -0.15) is 0 Å². The number of para-hydroxylation sites is 2. The number of rotatable bonds is 6. The van der Waals surface area contributed by atoms with E-state index in [9.17, 15) is 14.0 Å². The Hall–Kier alpha value is -3.81. The molecule has 1 N–H and O–H groups in total. The van der Waals surface area contributed by atoms with Crippen molar-refractivity contribution in [2.75, 3.05) is 25.0 Å². The number of nitrogens with one attached hydrogen (secondary N) is 1. The van der Waals surface area contributed by atoms with Gasteiger partial charge in [-0.3, -0.25) is 9.59 Å². The third-order valence-corrected chi connectivity index (χ3v) is 5.62. The van der Waals surface area contributed by atoms with Crippen LogP contribution >= 0.6 is 0 Å². The average Bonchev–Trinajstić information content (AvgIpc) is 3.31. The second-order valence-corrected chi connectivity index (χ2v) is 7.83. The SMILES string of the molecule is CCOc1ccccc1C(=O)N1CC[C@@H](c2ncc(C(=O)Nc3ccccc3F)c(C)n2)C1. The number of amides is 2. The van der Waals surface area contributed by atoms with E-state index in [4.69, 9.17) is 4.74 Å². The van der Waals surface area contributed by atoms with Crippen LogP contribution in [0.3, 0.4) is 0 Å². The second kappa shape index (κ2) is 9.77. The molecule has 1 aromatic heterocycles. The average molecular weight is 448 g/mol. The maximum absolute atomic E-state index is 13.8. The van der Waals surface area contributed by atoms with Crippen molar-refractivity contribution in [3.05, 3.63) is 83.2 Å². The molecule has 7 nitrogen and oxygen atoms in total. The number of hydrogen-bond acceptors (Lipinski definition) is 5. The van der Waals surface area contributed by atoms with Gasteiger partial charge in [-0.1, -0.05) is 24.3 Å². The van der Waals surface area contributed by atoms with E-state index in [1.54, 1.807) is 36.1 Å². The summed E-state index contributed by atoms with van der Waals surface area (Å²) in [6.45, 7) is 5.16. The van der Waals surface area contributed by atoms with Crippen molar-refractivity contribution in [2.24, 2.45) is 0 Å². The van der Waals surface area contributed by atoms with E-state index >= 15 is 0 Å². The smallest absolute Gasteiger partial charge is 0.259 e. The van der Waals surface area contributed by atoms with Crippen LogP contribution in [0.2, 0.25) is 0 Å². The van der Waals surface area contributed by atoms with Crippen LogP contribution in [-0.4, -0.2) is 46.4 Å². The molecule has 0 spiro atoms. The van der Waals surface area contributed by atoms with E-state index in [-0.39, 0.29) is 23.1 Å². The molecule has 1 aliphatic rings. The third-order valence-electron chi connectivity index (χ3n) is 5.62. The van der Waals surface area contributed by atoms with Crippen molar-refractivity contribution >= 4 is 17.5 Å². The van der Waals surface area contributed by atoms with Gasteiger partial charge in [-0.05, 0) is 44.5 Å². The van der Waals surface area contributed by atoms with E-state index in [1.165, 1.54) is 18.3 Å². The maximum atomic E-state index is 13.8. The zero-order chi connectivity index (χ0) is 23.4. The van der Waals surface area contributed by atoms with Crippen LogP contribution in [0.5, 0.6) is 5.75 Å². The van der Waals surface area contributed by atoms with Gasteiger partial charge in [-0.25, -0.2) is 14.4 Å². The third kappa shape index (κ3) is 4.84. The summed E-state index contributed by atoms with van der Waals surface area (Å²) in [7, 11) is 0. The molecule has 4 rings (SSSR count). The summed E-state index contributed by atoms with van der Waals surface area (Å²) in [5, 5.41) is 2.55. The first-order valence-corrected chi connectivity index (χ1v) is 10.9. The summed E-state index contributed by atoms with van der Waals surface area (Å²) in [4.78, 5) is 36.3. The van der Waals surface area contributed by atoms with E-state index in [1.807, 2.05) is 19.1 Å². The van der Waals surface area contributed by atoms with Crippen LogP contribution in [0.1, 0.15) is 51.5 Å². The molecule has 2 aromatic carbocycles. The first kappa shape index (κ1) is 22.4. The van der Waals surface area contributed by atoms with Gasteiger partial charge in [0.05, 0.1) is 29.1 Å². The number of carbonyl (C=O) groups excluding carboxylic acids is 2. The highest BCUT2D eigenvalue weighted by Crippen LogP contribution is 2.28. The number of likely N-dealkylation sites (tertiary alicyclic amines) is 1. The van der Waals surface area contributed by atoms with Crippen molar-refractivity contribution in [3.8, 4) is 5.75 Å². The zero-order valence-electron chi connectivity index (χ0n) is 18.5. The first-order valence-electron chi connectivity index (χ1n) is 10.9. The molecular formula is C25H25FN4O3. The normalized spacial score (nSPS) is 15.4. The standard InChI is InChI=1S/C25H25FN4O3/c1-3-33-22-11-7-4-8-18(22)25(32)30-13-12-17(15-30)23-27-14-19(16(2)28-23)24(31)29-21-10-6-5-9-20(21)26/h4-11,14,17H,3,12-13,15H2,1-2H3,(H,29,31)/t17-/m1/s1. The number of benzene rings is 2. The largest absolute Gasteiger partial charge is 0.493 e. The minimum atomic E-state index is -0.511. The Kier molecular flexibility index (Phi) is 6.63. The zero-order valence-corrected chi connectivity index (χ0v) is 18.5. The number of anilines is 1. The highest BCUT2D eigenvalue weighted by atomic mass is 19.1. The molecular weight excluding hydrogens is 423 g/mol. The van der Waals surface area contributed by atoms with Crippen LogP contribution < -0.4 is 10.1 Å². The van der Waals surface area contributed by atoms with Crippen LogP contribution in [0.25, 0.3) is 0 Å². The topological polar surface area (TPSA) is 84.4 Å². The molecule has 3 aromatic rings. The lowest BCUT2D eigenvalue weighted by molar-refractivity contribution is 0.0786. The van der Waals surface area contributed by atoms with Crippen LogP contribution in [0.15, 0.2) is 54.7 Å². The molecule has 1 atom stereocenters. The fourth-order valence-corrected chi connectivity index (χ4v) is 3.91. The fraction of sp³-hybridized carbons (Fsp3) is 0.280. The summed E-state index contributed by atoms with van der Waals surface area (Å²) in [6.07, 6.45) is 2.19. The predicted octanol–water partition coefficient (Wildman–Crippen LogP) is 4.20. The summed E-state index contributed by atoms with van der Waals surface area (Å²) in [5.41, 5.74) is 1.42. The van der Waals surface area contributed by atoms with Crippen molar-refractivity contribution in [1.82, 2.24) is 14.9 Å². The van der Waals surface area contributed by atoms with Gasteiger partial charge in [0.2, 0.25) is 0 Å². The fourth-order valence-electron chi connectivity index (χ4n) is 3.91. The minimum absolute atomic E-state index is 0.0319. The number of aromatic nitrogens is 2. The molecule has 2 amide bonds. The molecule has 0 aliphatic carbocycles. The minimum Gasteiger partial charge on any atom is -0.493 e. The van der Waals surface area contributed by atoms with E-state index in [0.29, 0.717) is 42.5 Å². The van der Waals surface area contributed by atoms with Crippen molar-refractivity contribution < 1.29 is 18.7 Å². The van der Waals surface area contributed by atoms with Gasteiger partial charge < -0.3 is 15.0 Å². The Morgan fingerprint density at radius 3 is 2.67 bits per heavy atom. The number of aryl methyl sites for hydroxylation is 1. The van der Waals surface area contributed by atoms with E-state index in [0.717, 1.165) is 6.42 Å². The number of halogens is 1. The predicted molar refractivity (Wildman–Crippen MR) is 122 cm³/mol. The molecule has 0 saturated carbocycles. The summed E-state index contributed by atoms with van der Waals surface area (Å²) in [5.74, 6) is 0.0615. The monoisotopic (exact) mass is 448 g/mol. The molecule has 8 heteroatoms. The molecule has 170 valence electrons. The van der Waals surface area contributed by atoms with Gasteiger partial charge >= 0.3 is 0 Å². The molecule has 1 aliphatic heterocycles. The van der Waals surface area contributed by atoms with Gasteiger partial charge in [0.25, 0.3) is 11.8 Å². The van der Waals surface area contributed by atoms with E-state index < -0.39 is 11.7 Å². The van der Waals surface area contributed by atoms with Crippen LogP contribution in [-0.2, 0) is 0 Å². The molecule has 0 radical (unpaired) electrons. The Balaban J connectivity index is 1.45. The number of carbonyl (C=O) groups is 2. The molecule has 2 heterocycles. The Morgan fingerprint density at radius 2 is 1.91 bits per heavy atom. The highest BCUT2D eigenvalue weighted by molar-refractivity contribution is 6.04.